The third kappa shape index (κ3) is 5.16. The number of hydrogen-bond donors (Lipinski definition) is 2. The first-order chi connectivity index (χ1) is 12.2. The molecule has 6 heteroatoms. The minimum absolute atomic E-state index is 0.275. The number of carbonyl (C=O) groups is 1. The minimum Gasteiger partial charge on any atom is -0.478 e. The number of carboxylic acid groups (broad SMARTS) is 1. The summed E-state index contributed by atoms with van der Waals surface area (Å²) in [7, 11) is 0. The number of rotatable bonds is 8. The first kappa shape index (κ1) is 17.7. The Labute approximate surface area is 147 Å². The van der Waals surface area contributed by atoms with Gasteiger partial charge in [0, 0.05) is 18.7 Å². The quantitative estimate of drug-likeness (QED) is 0.717. The number of carboxylic acids is 1. The fourth-order valence-electron chi connectivity index (χ4n) is 2.87. The zero-order chi connectivity index (χ0) is 17.5. The highest BCUT2D eigenvalue weighted by atomic mass is 16.5. The molecule has 0 radical (unpaired) electrons. The molecule has 1 aliphatic rings. The number of nitrogens with zero attached hydrogens (tertiary/aromatic N) is 1. The SMILES string of the molecule is O=C(O)c1ccc(-c2ccc(CNCCCN3CCOCC3)o2)cc1. The van der Waals surface area contributed by atoms with Gasteiger partial charge in [0.2, 0.25) is 0 Å². The van der Waals surface area contributed by atoms with E-state index in [9.17, 15) is 4.79 Å². The summed E-state index contributed by atoms with van der Waals surface area (Å²) in [6.07, 6.45) is 1.10. The molecule has 2 heterocycles. The van der Waals surface area contributed by atoms with Crippen molar-refractivity contribution >= 4 is 5.97 Å². The molecule has 1 fully saturated rings. The molecule has 1 aromatic carbocycles. The highest BCUT2D eigenvalue weighted by molar-refractivity contribution is 5.88. The molecular formula is C19H24N2O4. The van der Waals surface area contributed by atoms with Gasteiger partial charge in [-0.15, -0.1) is 0 Å². The summed E-state index contributed by atoms with van der Waals surface area (Å²) < 4.78 is 11.2. The van der Waals surface area contributed by atoms with Crippen molar-refractivity contribution in [3.63, 3.8) is 0 Å². The summed E-state index contributed by atoms with van der Waals surface area (Å²) in [5.41, 5.74) is 1.15. The van der Waals surface area contributed by atoms with Crippen molar-refractivity contribution in [3.05, 3.63) is 47.7 Å². The number of benzene rings is 1. The molecule has 1 saturated heterocycles. The van der Waals surface area contributed by atoms with Crippen molar-refractivity contribution in [2.75, 3.05) is 39.4 Å². The lowest BCUT2D eigenvalue weighted by Gasteiger charge is -2.26. The summed E-state index contributed by atoms with van der Waals surface area (Å²) in [6.45, 7) is 6.48. The van der Waals surface area contributed by atoms with Crippen LogP contribution in [0, 0.1) is 0 Å². The van der Waals surface area contributed by atoms with Crippen LogP contribution in [0.2, 0.25) is 0 Å². The molecule has 2 aromatic rings. The second-order valence-electron chi connectivity index (χ2n) is 6.13. The van der Waals surface area contributed by atoms with E-state index < -0.39 is 5.97 Å². The van der Waals surface area contributed by atoms with Gasteiger partial charge >= 0.3 is 5.97 Å². The number of hydrogen-bond acceptors (Lipinski definition) is 5. The molecule has 1 aromatic heterocycles. The van der Waals surface area contributed by atoms with E-state index in [0.29, 0.717) is 6.54 Å². The number of ether oxygens (including phenoxy) is 1. The molecule has 0 unspecified atom stereocenters. The van der Waals surface area contributed by atoms with E-state index in [2.05, 4.69) is 10.2 Å². The predicted octanol–water partition coefficient (Wildman–Crippen LogP) is 2.46. The van der Waals surface area contributed by atoms with Gasteiger partial charge in [0.1, 0.15) is 11.5 Å². The topological polar surface area (TPSA) is 74.9 Å². The molecule has 0 aliphatic carbocycles. The van der Waals surface area contributed by atoms with Gasteiger partial charge in [0.15, 0.2) is 0 Å². The van der Waals surface area contributed by atoms with Gasteiger partial charge in [-0.05, 0) is 43.8 Å². The molecule has 3 rings (SSSR count). The Morgan fingerprint density at radius 1 is 1.12 bits per heavy atom. The van der Waals surface area contributed by atoms with E-state index in [4.69, 9.17) is 14.3 Å². The standard InChI is InChI=1S/C19H24N2O4/c22-19(23)16-4-2-15(3-5-16)18-7-6-17(25-18)14-20-8-1-9-21-10-12-24-13-11-21/h2-7,20H,1,8-14H2,(H,22,23). The smallest absolute Gasteiger partial charge is 0.335 e. The summed E-state index contributed by atoms with van der Waals surface area (Å²) in [5.74, 6) is 0.707. The average Bonchev–Trinajstić information content (AvgIpc) is 3.11. The largest absolute Gasteiger partial charge is 0.478 e. The van der Waals surface area contributed by atoms with Crippen LogP contribution in [0.1, 0.15) is 22.5 Å². The van der Waals surface area contributed by atoms with Crippen LogP contribution in [-0.2, 0) is 11.3 Å². The van der Waals surface area contributed by atoms with Crippen molar-refractivity contribution in [1.82, 2.24) is 10.2 Å². The fourth-order valence-corrected chi connectivity index (χ4v) is 2.87. The Bertz CT molecular complexity index is 675. The van der Waals surface area contributed by atoms with Gasteiger partial charge in [-0.1, -0.05) is 12.1 Å². The van der Waals surface area contributed by atoms with Crippen LogP contribution in [0.15, 0.2) is 40.8 Å². The number of furan rings is 1. The van der Waals surface area contributed by atoms with E-state index >= 15 is 0 Å². The highest BCUT2D eigenvalue weighted by Crippen LogP contribution is 2.22. The Hall–Kier alpha value is -2.15. The third-order valence-electron chi connectivity index (χ3n) is 4.31. The zero-order valence-electron chi connectivity index (χ0n) is 14.2. The maximum Gasteiger partial charge on any atom is 0.335 e. The fraction of sp³-hybridized carbons (Fsp3) is 0.421. The Kier molecular flexibility index (Phi) is 6.22. The van der Waals surface area contributed by atoms with Crippen LogP contribution in [0.25, 0.3) is 11.3 Å². The Morgan fingerprint density at radius 3 is 2.60 bits per heavy atom. The van der Waals surface area contributed by atoms with Crippen molar-refractivity contribution in [3.8, 4) is 11.3 Å². The number of nitrogens with one attached hydrogen (secondary N) is 1. The van der Waals surface area contributed by atoms with E-state index in [1.165, 1.54) is 0 Å². The second-order valence-corrected chi connectivity index (χ2v) is 6.13. The Balaban J connectivity index is 1.41. The third-order valence-corrected chi connectivity index (χ3v) is 4.31. The van der Waals surface area contributed by atoms with E-state index in [1.54, 1.807) is 24.3 Å². The summed E-state index contributed by atoms with van der Waals surface area (Å²) in [6, 6.07) is 10.6. The summed E-state index contributed by atoms with van der Waals surface area (Å²) >= 11 is 0. The van der Waals surface area contributed by atoms with Crippen molar-refractivity contribution in [2.45, 2.75) is 13.0 Å². The van der Waals surface area contributed by atoms with Crippen molar-refractivity contribution in [1.29, 1.82) is 0 Å². The molecule has 134 valence electrons. The summed E-state index contributed by atoms with van der Waals surface area (Å²) in [5, 5.41) is 12.3. The van der Waals surface area contributed by atoms with Crippen LogP contribution < -0.4 is 5.32 Å². The van der Waals surface area contributed by atoms with Crippen molar-refractivity contribution in [2.24, 2.45) is 0 Å². The lowest BCUT2D eigenvalue weighted by Crippen LogP contribution is -2.37. The molecule has 25 heavy (non-hydrogen) atoms. The van der Waals surface area contributed by atoms with Crippen LogP contribution in [-0.4, -0.2) is 55.4 Å². The summed E-state index contributed by atoms with van der Waals surface area (Å²) in [4.78, 5) is 13.3. The van der Waals surface area contributed by atoms with Gasteiger partial charge in [-0.2, -0.15) is 0 Å². The van der Waals surface area contributed by atoms with E-state index in [0.717, 1.165) is 62.9 Å². The van der Waals surface area contributed by atoms with Crippen molar-refractivity contribution < 1.29 is 19.1 Å². The lowest BCUT2D eigenvalue weighted by atomic mass is 10.1. The predicted molar refractivity (Wildman–Crippen MR) is 94.7 cm³/mol. The molecule has 6 nitrogen and oxygen atoms in total. The molecule has 0 spiro atoms. The highest BCUT2D eigenvalue weighted by Gasteiger charge is 2.09. The van der Waals surface area contributed by atoms with Crippen LogP contribution >= 0.6 is 0 Å². The van der Waals surface area contributed by atoms with Crippen LogP contribution in [0.4, 0.5) is 0 Å². The monoisotopic (exact) mass is 344 g/mol. The van der Waals surface area contributed by atoms with Gasteiger partial charge < -0.3 is 19.6 Å². The van der Waals surface area contributed by atoms with Crippen LogP contribution in [0.5, 0.6) is 0 Å². The first-order valence-electron chi connectivity index (χ1n) is 8.65. The molecule has 0 saturated carbocycles. The van der Waals surface area contributed by atoms with Gasteiger partial charge in [0.25, 0.3) is 0 Å². The van der Waals surface area contributed by atoms with Gasteiger partial charge in [-0.25, -0.2) is 4.79 Å². The second kappa shape index (κ2) is 8.80. The number of aromatic carboxylic acids is 1. The van der Waals surface area contributed by atoms with E-state index in [-0.39, 0.29) is 5.56 Å². The lowest BCUT2D eigenvalue weighted by molar-refractivity contribution is 0.0374. The molecule has 0 atom stereocenters. The molecule has 0 amide bonds. The van der Waals surface area contributed by atoms with E-state index in [1.807, 2.05) is 12.1 Å². The number of morpholine rings is 1. The van der Waals surface area contributed by atoms with Gasteiger partial charge in [-0.3, -0.25) is 4.90 Å². The normalized spacial score (nSPS) is 15.4. The molecule has 1 aliphatic heterocycles. The zero-order valence-corrected chi connectivity index (χ0v) is 14.2. The molecule has 0 bridgehead atoms. The van der Waals surface area contributed by atoms with Crippen LogP contribution in [0.3, 0.4) is 0 Å². The minimum atomic E-state index is -0.923. The molecular weight excluding hydrogens is 320 g/mol. The molecule has 2 N–H and O–H groups in total. The average molecular weight is 344 g/mol. The maximum atomic E-state index is 10.9. The van der Waals surface area contributed by atoms with Gasteiger partial charge in [0.05, 0.1) is 25.3 Å². The Morgan fingerprint density at radius 2 is 1.88 bits per heavy atom. The first-order valence-corrected chi connectivity index (χ1v) is 8.65. The maximum absolute atomic E-state index is 10.9.